The number of para-hydroxylation sites is 1. The lowest BCUT2D eigenvalue weighted by molar-refractivity contribution is 0.0948. The first-order valence-electron chi connectivity index (χ1n) is 8.97. The standard InChI is InChI=1S/C22H16ClN3O2S2/c23-19-17-8-4-5-9-18(17)30-20(19)21(27)25-26-22(29)24-14-10-12-16(13-11-14)28-15-6-2-1-3-7-15/h1-13H,(H,25,27)(H2,24,26,29). The summed E-state index contributed by atoms with van der Waals surface area (Å²) < 4.78 is 6.71. The molecule has 4 rings (SSSR count). The van der Waals surface area contributed by atoms with Gasteiger partial charge in [-0.25, -0.2) is 0 Å². The summed E-state index contributed by atoms with van der Waals surface area (Å²) in [5.41, 5.74) is 6.02. The van der Waals surface area contributed by atoms with Crippen LogP contribution in [0.25, 0.3) is 10.1 Å². The highest BCUT2D eigenvalue weighted by molar-refractivity contribution is 7.80. The second kappa shape index (κ2) is 9.13. The summed E-state index contributed by atoms with van der Waals surface area (Å²) >= 11 is 12.9. The van der Waals surface area contributed by atoms with E-state index < -0.39 is 0 Å². The zero-order valence-corrected chi connectivity index (χ0v) is 17.9. The Morgan fingerprint density at radius 2 is 1.53 bits per heavy atom. The summed E-state index contributed by atoms with van der Waals surface area (Å²) in [5, 5.41) is 4.54. The number of thiophene rings is 1. The molecular weight excluding hydrogens is 438 g/mol. The van der Waals surface area contributed by atoms with Gasteiger partial charge >= 0.3 is 0 Å². The highest BCUT2D eigenvalue weighted by Gasteiger charge is 2.16. The van der Waals surface area contributed by atoms with Gasteiger partial charge in [-0.3, -0.25) is 15.6 Å². The maximum Gasteiger partial charge on any atom is 0.281 e. The zero-order chi connectivity index (χ0) is 20.9. The quantitative estimate of drug-likeness (QED) is 0.262. The molecular formula is C22H16ClN3O2S2. The average Bonchev–Trinajstić information content (AvgIpc) is 3.11. The number of fused-ring (bicyclic) bond motifs is 1. The van der Waals surface area contributed by atoms with Gasteiger partial charge in [-0.2, -0.15) is 0 Å². The molecule has 0 aliphatic heterocycles. The number of hydrogen-bond donors (Lipinski definition) is 3. The Morgan fingerprint density at radius 3 is 2.27 bits per heavy atom. The van der Waals surface area contributed by atoms with E-state index >= 15 is 0 Å². The second-order valence-corrected chi connectivity index (χ2v) is 8.05. The van der Waals surface area contributed by atoms with Crippen molar-refractivity contribution >= 4 is 61.9 Å². The number of ether oxygens (including phenoxy) is 1. The molecule has 0 saturated heterocycles. The molecule has 1 heterocycles. The molecule has 0 radical (unpaired) electrons. The number of amides is 1. The molecule has 0 aliphatic rings. The molecule has 3 N–H and O–H groups in total. The third-order valence-electron chi connectivity index (χ3n) is 4.12. The van der Waals surface area contributed by atoms with Gasteiger partial charge in [0.15, 0.2) is 5.11 Å². The summed E-state index contributed by atoms with van der Waals surface area (Å²) in [6, 6.07) is 24.4. The number of nitrogens with one attached hydrogen (secondary N) is 3. The first-order valence-corrected chi connectivity index (χ1v) is 10.6. The van der Waals surface area contributed by atoms with E-state index in [0.29, 0.717) is 15.6 Å². The second-order valence-electron chi connectivity index (χ2n) is 6.21. The number of hydrazine groups is 1. The zero-order valence-electron chi connectivity index (χ0n) is 15.5. The van der Waals surface area contributed by atoms with Gasteiger partial charge in [0.05, 0.1) is 5.02 Å². The fourth-order valence-corrected chi connectivity index (χ4v) is 4.30. The molecule has 0 atom stereocenters. The smallest absolute Gasteiger partial charge is 0.281 e. The molecule has 0 bridgehead atoms. The molecule has 4 aromatic rings. The SMILES string of the molecule is O=C(NNC(=S)Nc1ccc(Oc2ccccc2)cc1)c1sc2ccccc2c1Cl. The van der Waals surface area contributed by atoms with Crippen LogP contribution >= 0.6 is 35.2 Å². The lowest BCUT2D eigenvalue weighted by Crippen LogP contribution is -2.43. The molecule has 0 aliphatic carbocycles. The van der Waals surface area contributed by atoms with Gasteiger partial charge in [0.1, 0.15) is 16.4 Å². The average molecular weight is 454 g/mol. The number of thiocarbonyl (C=S) groups is 1. The van der Waals surface area contributed by atoms with Gasteiger partial charge < -0.3 is 10.1 Å². The van der Waals surface area contributed by atoms with E-state index in [9.17, 15) is 4.79 Å². The third-order valence-corrected chi connectivity index (χ3v) is 6.00. The highest BCUT2D eigenvalue weighted by Crippen LogP contribution is 2.34. The topological polar surface area (TPSA) is 62.4 Å². The van der Waals surface area contributed by atoms with Crippen molar-refractivity contribution in [2.45, 2.75) is 0 Å². The minimum absolute atomic E-state index is 0.248. The van der Waals surface area contributed by atoms with Crippen LogP contribution in [-0.4, -0.2) is 11.0 Å². The molecule has 0 fully saturated rings. The van der Waals surface area contributed by atoms with Crippen molar-refractivity contribution in [2.75, 3.05) is 5.32 Å². The lowest BCUT2D eigenvalue weighted by atomic mass is 10.2. The van der Waals surface area contributed by atoms with E-state index in [-0.39, 0.29) is 11.0 Å². The number of hydrogen-bond acceptors (Lipinski definition) is 4. The molecule has 1 amide bonds. The van der Waals surface area contributed by atoms with Gasteiger partial charge in [0.2, 0.25) is 0 Å². The van der Waals surface area contributed by atoms with Crippen LogP contribution < -0.4 is 20.9 Å². The normalized spacial score (nSPS) is 10.4. The van der Waals surface area contributed by atoms with Crippen molar-refractivity contribution in [3.05, 3.63) is 88.8 Å². The van der Waals surface area contributed by atoms with Crippen LogP contribution in [0.2, 0.25) is 5.02 Å². The molecule has 8 heteroatoms. The van der Waals surface area contributed by atoms with Crippen molar-refractivity contribution in [1.82, 2.24) is 10.9 Å². The molecule has 30 heavy (non-hydrogen) atoms. The van der Waals surface area contributed by atoms with Gasteiger partial charge in [-0.05, 0) is 54.7 Å². The number of halogens is 1. The summed E-state index contributed by atoms with van der Waals surface area (Å²) in [6.45, 7) is 0. The van der Waals surface area contributed by atoms with Crippen molar-refractivity contribution in [3.8, 4) is 11.5 Å². The number of anilines is 1. The Bertz CT molecular complexity index is 1190. The Hall–Kier alpha value is -3.13. The van der Waals surface area contributed by atoms with Crippen LogP contribution in [0.1, 0.15) is 9.67 Å². The number of carbonyl (C=O) groups is 1. The monoisotopic (exact) mass is 453 g/mol. The van der Waals surface area contributed by atoms with E-state index in [1.807, 2.05) is 78.9 Å². The van der Waals surface area contributed by atoms with E-state index in [4.69, 9.17) is 28.6 Å². The Morgan fingerprint density at radius 1 is 0.867 bits per heavy atom. The number of carbonyl (C=O) groups excluding carboxylic acids is 1. The summed E-state index contributed by atoms with van der Waals surface area (Å²) in [5.74, 6) is 1.12. The van der Waals surface area contributed by atoms with E-state index in [2.05, 4.69) is 16.2 Å². The molecule has 0 spiro atoms. The molecule has 5 nitrogen and oxygen atoms in total. The van der Waals surface area contributed by atoms with Crippen LogP contribution in [0.4, 0.5) is 5.69 Å². The van der Waals surface area contributed by atoms with Crippen LogP contribution in [0.5, 0.6) is 11.5 Å². The molecule has 1 aromatic heterocycles. The van der Waals surface area contributed by atoms with Crippen LogP contribution in [0, 0.1) is 0 Å². The van der Waals surface area contributed by atoms with Gasteiger partial charge in [-0.1, -0.05) is 48.0 Å². The van der Waals surface area contributed by atoms with Crippen LogP contribution in [-0.2, 0) is 0 Å². The van der Waals surface area contributed by atoms with Gasteiger partial charge in [0.25, 0.3) is 5.91 Å². The van der Waals surface area contributed by atoms with E-state index in [1.165, 1.54) is 11.3 Å². The van der Waals surface area contributed by atoms with Crippen molar-refractivity contribution in [1.29, 1.82) is 0 Å². The number of benzene rings is 3. The molecule has 150 valence electrons. The van der Waals surface area contributed by atoms with E-state index in [0.717, 1.165) is 21.5 Å². The lowest BCUT2D eigenvalue weighted by Gasteiger charge is -2.12. The van der Waals surface area contributed by atoms with Gasteiger partial charge in [-0.15, -0.1) is 11.3 Å². The Labute approximate surface area is 187 Å². The van der Waals surface area contributed by atoms with Gasteiger partial charge in [0, 0.05) is 15.8 Å². The first kappa shape index (κ1) is 20.2. The van der Waals surface area contributed by atoms with Crippen LogP contribution in [0.15, 0.2) is 78.9 Å². The maximum atomic E-state index is 12.5. The first-order chi connectivity index (χ1) is 14.6. The highest BCUT2D eigenvalue weighted by atomic mass is 35.5. The van der Waals surface area contributed by atoms with Crippen molar-refractivity contribution < 1.29 is 9.53 Å². The predicted octanol–water partition coefficient (Wildman–Crippen LogP) is 5.98. The fraction of sp³-hybridized carbons (Fsp3) is 0. The third kappa shape index (κ3) is 4.71. The fourth-order valence-electron chi connectivity index (χ4n) is 2.72. The van der Waals surface area contributed by atoms with Crippen molar-refractivity contribution in [3.63, 3.8) is 0 Å². The molecule has 0 saturated carbocycles. The van der Waals surface area contributed by atoms with Crippen LogP contribution in [0.3, 0.4) is 0 Å². The summed E-state index contributed by atoms with van der Waals surface area (Å²) in [6.07, 6.45) is 0. The molecule has 0 unspecified atom stereocenters. The minimum atomic E-state index is -0.350. The Balaban J connectivity index is 1.32. The Kier molecular flexibility index (Phi) is 6.13. The molecule has 3 aromatic carbocycles. The largest absolute Gasteiger partial charge is 0.457 e. The summed E-state index contributed by atoms with van der Waals surface area (Å²) in [4.78, 5) is 12.9. The maximum absolute atomic E-state index is 12.5. The minimum Gasteiger partial charge on any atom is -0.457 e. The van der Waals surface area contributed by atoms with E-state index in [1.54, 1.807) is 0 Å². The number of rotatable bonds is 4. The summed E-state index contributed by atoms with van der Waals surface area (Å²) in [7, 11) is 0. The predicted molar refractivity (Wildman–Crippen MR) is 127 cm³/mol. The van der Waals surface area contributed by atoms with Crippen molar-refractivity contribution in [2.24, 2.45) is 0 Å².